The summed E-state index contributed by atoms with van der Waals surface area (Å²) < 4.78 is 37.6. The van der Waals surface area contributed by atoms with Gasteiger partial charge in [-0.1, -0.05) is 12.1 Å². The van der Waals surface area contributed by atoms with E-state index in [-0.39, 0.29) is 22.8 Å². The Morgan fingerprint density at radius 2 is 1.78 bits per heavy atom. The highest BCUT2D eigenvalue weighted by molar-refractivity contribution is 7.89. The summed E-state index contributed by atoms with van der Waals surface area (Å²) in [5.74, 6) is 0.241. The van der Waals surface area contributed by atoms with Crippen molar-refractivity contribution in [3.8, 4) is 11.5 Å². The number of carbonyl (C=O) groups excluding carboxylic acids is 1. The van der Waals surface area contributed by atoms with Crippen molar-refractivity contribution in [2.75, 3.05) is 20.2 Å². The Bertz CT molecular complexity index is 920. The molecule has 0 bridgehead atoms. The Balaban J connectivity index is 1.82. The highest BCUT2D eigenvalue weighted by Crippen LogP contribution is 2.27. The maximum atomic E-state index is 12.7. The third-order valence-electron chi connectivity index (χ3n) is 4.47. The number of carbonyl (C=O) groups is 1. The Morgan fingerprint density at radius 1 is 1.11 bits per heavy atom. The highest BCUT2D eigenvalue weighted by atomic mass is 32.2. The molecule has 0 unspecified atom stereocenters. The van der Waals surface area contributed by atoms with Crippen molar-refractivity contribution in [3.05, 3.63) is 53.6 Å². The minimum absolute atomic E-state index is 0.0452. The lowest BCUT2D eigenvalue weighted by Gasteiger charge is -2.17. The third kappa shape index (κ3) is 4.23. The number of hydrogen-bond acceptors (Lipinski definition) is 5. The standard InChI is InChI=1S/C19H22N2O5S/c1-25-15-6-4-14(5-7-15)13-26-18-9-8-16(12-17(18)19(20)22)27(23,24)21-10-2-3-11-21/h4-9,12H,2-3,10-11,13H2,1H3,(H2,20,22). The molecule has 2 aromatic rings. The van der Waals surface area contributed by atoms with E-state index in [1.54, 1.807) is 19.2 Å². The van der Waals surface area contributed by atoms with E-state index in [0.29, 0.717) is 13.1 Å². The molecule has 2 N–H and O–H groups in total. The predicted octanol–water partition coefficient (Wildman–Crippen LogP) is 2.16. The second-order valence-corrected chi connectivity index (χ2v) is 8.21. The molecule has 8 heteroatoms. The molecule has 0 radical (unpaired) electrons. The summed E-state index contributed by atoms with van der Waals surface area (Å²) in [6.07, 6.45) is 1.68. The molecule has 144 valence electrons. The maximum absolute atomic E-state index is 12.7. The second kappa shape index (κ2) is 7.98. The van der Waals surface area contributed by atoms with Crippen molar-refractivity contribution in [2.24, 2.45) is 5.73 Å². The normalized spacial score (nSPS) is 14.9. The molecule has 0 aromatic heterocycles. The molecule has 2 aromatic carbocycles. The van der Waals surface area contributed by atoms with Crippen molar-refractivity contribution in [3.63, 3.8) is 0 Å². The van der Waals surface area contributed by atoms with Crippen LogP contribution in [-0.2, 0) is 16.6 Å². The fourth-order valence-corrected chi connectivity index (χ4v) is 4.49. The molecule has 0 atom stereocenters. The molecule has 27 heavy (non-hydrogen) atoms. The summed E-state index contributed by atoms with van der Waals surface area (Å²) in [7, 11) is -2.04. The second-order valence-electron chi connectivity index (χ2n) is 6.27. The number of benzene rings is 2. The van der Waals surface area contributed by atoms with E-state index in [4.69, 9.17) is 15.2 Å². The zero-order valence-corrected chi connectivity index (χ0v) is 15.9. The Morgan fingerprint density at radius 3 is 2.37 bits per heavy atom. The minimum atomic E-state index is -3.63. The van der Waals surface area contributed by atoms with Crippen LogP contribution in [0.25, 0.3) is 0 Å². The van der Waals surface area contributed by atoms with Crippen molar-refractivity contribution < 1.29 is 22.7 Å². The Labute approximate surface area is 158 Å². The molecule has 1 aliphatic rings. The van der Waals surface area contributed by atoms with Gasteiger partial charge >= 0.3 is 0 Å². The van der Waals surface area contributed by atoms with Crippen LogP contribution < -0.4 is 15.2 Å². The summed E-state index contributed by atoms with van der Waals surface area (Å²) >= 11 is 0. The van der Waals surface area contributed by atoms with E-state index in [1.165, 1.54) is 22.5 Å². The van der Waals surface area contributed by atoms with Crippen molar-refractivity contribution in [1.82, 2.24) is 4.31 Å². The van der Waals surface area contributed by atoms with Gasteiger partial charge in [0, 0.05) is 13.1 Å². The van der Waals surface area contributed by atoms with Crippen LogP contribution in [0.15, 0.2) is 47.4 Å². The van der Waals surface area contributed by atoms with Crippen molar-refractivity contribution >= 4 is 15.9 Å². The quantitative estimate of drug-likeness (QED) is 0.781. The zero-order chi connectivity index (χ0) is 19.4. The Hall–Kier alpha value is -2.58. The lowest BCUT2D eigenvalue weighted by molar-refractivity contribution is 0.0995. The van der Waals surface area contributed by atoms with Crippen LogP contribution in [0.5, 0.6) is 11.5 Å². The van der Waals surface area contributed by atoms with E-state index in [0.717, 1.165) is 24.2 Å². The van der Waals surface area contributed by atoms with Crippen LogP contribution in [0, 0.1) is 0 Å². The summed E-state index contributed by atoms with van der Waals surface area (Å²) in [4.78, 5) is 11.9. The highest BCUT2D eigenvalue weighted by Gasteiger charge is 2.28. The van der Waals surface area contributed by atoms with Crippen LogP contribution >= 0.6 is 0 Å². The number of nitrogens with zero attached hydrogens (tertiary/aromatic N) is 1. The van der Waals surface area contributed by atoms with Gasteiger partial charge < -0.3 is 15.2 Å². The Kier molecular flexibility index (Phi) is 5.67. The number of nitrogens with two attached hydrogens (primary N) is 1. The molecular weight excluding hydrogens is 368 g/mol. The lowest BCUT2D eigenvalue weighted by atomic mass is 10.2. The number of primary amides is 1. The largest absolute Gasteiger partial charge is 0.497 e. The van der Waals surface area contributed by atoms with Crippen LogP contribution in [0.1, 0.15) is 28.8 Å². The fourth-order valence-electron chi connectivity index (χ4n) is 2.95. The molecule has 1 fully saturated rings. The molecule has 0 spiro atoms. The molecule has 1 aliphatic heterocycles. The van der Waals surface area contributed by atoms with E-state index in [9.17, 15) is 13.2 Å². The van der Waals surface area contributed by atoms with E-state index >= 15 is 0 Å². The number of sulfonamides is 1. The predicted molar refractivity (Wildman–Crippen MR) is 100 cm³/mol. The number of hydrogen-bond donors (Lipinski definition) is 1. The van der Waals surface area contributed by atoms with Gasteiger partial charge in [-0.15, -0.1) is 0 Å². The molecule has 1 heterocycles. The first kappa shape index (κ1) is 19.2. The minimum Gasteiger partial charge on any atom is -0.497 e. The first-order valence-corrected chi connectivity index (χ1v) is 10.1. The summed E-state index contributed by atoms with van der Waals surface area (Å²) in [5.41, 5.74) is 6.36. The van der Waals surface area contributed by atoms with Crippen molar-refractivity contribution in [2.45, 2.75) is 24.3 Å². The van der Waals surface area contributed by atoms with Gasteiger partial charge in [0.05, 0.1) is 17.6 Å². The van der Waals surface area contributed by atoms with E-state index < -0.39 is 15.9 Å². The average Bonchev–Trinajstić information content (AvgIpc) is 3.22. The van der Waals surface area contributed by atoms with Gasteiger partial charge in [-0.05, 0) is 48.7 Å². The summed E-state index contributed by atoms with van der Waals surface area (Å²) in [6, 6.07) is 11.5. The number of methoxy groups -OCH3 is 1. The average molecular weight is 390 g/mol. The van der Waals surface area contributed by atoms with Gasteiger partial charge in [0.1, 0.15) is 18.1 Å². The summed E-state index contributed by atoms with van der Waals surface area (Å²) in [5, 5.41) is 0. The molecule has 0 aliphatic carbocycles. The van der Waals surface area contributed by atoms with E-state index in [2.05, 4.69) is 0 Å². The van der Waals surface area contributed by atoms with Crippen LogP contribution in [0.4, 0.5) is 0 Å². The van der Waals surface area contributed by atoms with Gasteiger partial charge in [0.25, 0.3) is 5.91 Å². The smallest absolute Gasteiger partial charge is 0.252 e. The fraction of sp³-hybridized carbons (Fsp3) is 0.316. The number of amides is 1. The number of ether oxygens (including phenoxy) is 2. The SMILES string of the molecule is COc1ccc(COc2ccc(S(=O)(=O)N3CCCC3)cc2C(N)=O)cc1. The topological polar surface area (TPSA) is 98.9 Å². The number of rotatable bonds is 7. The summed E-state index contributed by atoms with van der Waals surface area (Å²) in [6.45, 7) is 1.19. The van der Waals surface area contributed by atoms with Crippen molar-refractivity contribution in [1.29, 1.82) is 0 Å². The molecule has 0 saturated carbocycles. The van der Waals surface area contributed by atoms with Gasteiger partial charge in [0.15, 0.2) is 0 Å². The molecule has 1 amide bonds. The van der Waals surface area contributed by atoms with Gasteiger partial charge in [-0.25, -0.2) is 8.42 Å². The maximum Gasteiger partial charge on any atom is 0.252 e. The molecule has 1 saturated heterocycles. The molecule has 7 nitrogen and oxygen atoms in total. The zero-order valence-electron chi connectivity index (χ0n) is 15.1. The first-order valence-electron chi connectivity index (χ1n) is 8.61. The van der Waals surface area contributed by atoms with Gasteiger partial charge in [0.2, 0.25) is 10.0 Å². The van der Waals surface area contributed by atoms with Crippen LogP contribution in [0.2, 0.25) is 0 Å². The molecular formula is C19H22N2O5S. The first-order chi connectivity index (χ1) is 12.9. The monoisotopic (exact) mass is 390 g/mol. The van der Waals surface area contributed by atoms with Crippen LogP contribution in [-0.4, -0.2) is 38.8 Å². The van der Waals surface area contributed by atoms with E-state index in [1.807, 2.05) is 12.1 Å². The van der Waals surface area contributed by atoms with Gasteiger partial charge in [-0.2, -0.15) is 4.31 Å². The van der Waals surface area contributed by atoms with Gasteiger partial charge in [-0.3, -0.25) is 4.79 Å². The lowest BCUT2D eigenvalue weighted by Crippen LogP contribution is -2.28. The third-order valence-corrected chi connectivity index (χ3v) is 6.37. The van der Waals surface area contributed by atoms with Crippen LogP contribution in [0.3, 0.4) is 0 Å². The molecule has 3 rings (SSSR count).